The van der Waals surface area contributed by atoms with Gasteiger partial charge in [0.2, 0.25) is 0 Å². The van der Waals surface area contributed by atoms with Gasteiger partial charge in [0.1, 0.15) is 12.4 Å². The van der Waals surface area contributed by atoms with Gasteiger partial charge in [-0.2, -0.15) is 0 Å². The zero-order chi connectivity index (χ0) is 19.3. The van der Waals surface area contributed by atoms with E-state index in [1.165, 1.54) is 34.5 Å². The molecule has 0 unspecified atom stereocenters. The molecule has 138 valence electrons. The van der Waals surface area contributed by atoms with E-state index in [1.807, 2.05) is 24.3 Å². The summed E-state index contributed by atoms with van der Waals surface area (Å²) >= 11 is 0. The van der Waals surface area contributed by atoms with Crippen molar-refractivity contribution in [2.24, 2.45) is 0 Å². The van der Waals surface area contributed by atoms with E-state index in [0.717, 1.165) is 0 Å². The summed E-state index contributed by atoms with van der Waals surface area (Å²) in [5.41, 5.74) is 5.31. The number of aromatic nitrogens is 1. The molecule has 1 aliphatic rings. The quantitative estimate of drug-likeness (QED) is 0.690. The van der Waals surface area contributed by atoms with Gasteiger partial charge in [-0.1, -0.05) is 60.4 Å². The van der Waals surface area contributed by atoms with Crippen LogP contribution >= 0.6 is 0 Å². The lowest BCUT2D eigenvalue weighted by Gasteiger charge is -2.14. The molecule has 2 aromatic carbocycles. The van der Waals surface area contributed by atoms with E-state index in [2.05, 4.69) is 46.4 Å². The fraction of sp³-hybridized carbons (Fsp3) is 0.130. The molecule has 1 amide bonds. The fourth-order valence-corrected chi connectivity index (χ4v) is 3.41. The first kappa shape index (κ1) is 17.6. The van der Waals surface area contributed by atoms with Gasteiger partial charge in [0.15, 0.2) is 0 Å². The maximum atomic E-state index is 12.0. The summed E-state index contributed by atoms with van der Waals surface area (Å²) in [6.07, 6.45) is 2.37. The van der Waals surface area contributed by atoms with Crippen molar-refractivity contribution in [1.82, 2.24) is 10.3 Å². The number of nitrogens with one attached hydrogen (secondary N) is 1. The molecule has 0 aliphatic heterocycles. The maximum Gasteiger partial charge on any atom is 0.407 e. The first-order chi connectivity index (χ1) is 13.7. The highest BCUT2D eigenvalue weighted by Crippen LogP contribution is 2.44. The van der Waals surface area contributed by atoms with Gasteiger partial charge in [0, 0.05) is 17.7 Å². The molecule has 5 heteroatoms. The molecule has 0 spiro atoms. The number of carbonyl (C=O) groups excluding carboxylic acids is 1. The van der Waals surface area contributed by atoms with E-state index in [-0.39, 0.29) is 24.8 Å². The van der Waals surface area contributed by atoms with Crippen LogP contribution < -0.4 is 5.32 Å². The smallest absolute Gasteiger partial charge is 0.407 e. The molecule has 2 N–H and O–H groups in total. The number of hydrogen-bond donors (Lipinski definition) is 2. The van der Waals surface area contributed by atoms with Crippen molar-refractivity contribution < 1.29 is 14.6 Å². The number of hydrogen-bond acceptors (Lipinski definition) is 4. The van der Waals surface area contributed by atoms with Gasteiger partial charge < -0.3 is 15.2 Å². The van der Waals surface area contributed by atoms with Crippen molar-refractivity contribution in [2.75, 3.05) is 13.2 Å². The number of amides is 1. The van der Waals surface area contributed by atoms with Gasteiger partial charge in [-0.25, -0.2) is 4.79 Å². The number of carbonyl (C=O) groups is 1. The van der Waals surface area contributed by atoms with E-state index in [0.29, 0.717) is 5.56 Å². The molecule has 1 heterocycles. The molecular formula is C23H18N2O3. The van der Waals surface area contributed by atoms with Crippen molar-refractivity contribution in [3.8, 4) is 28.7 Å². The standard InChI is InChI=1S/C23H18N2O3/c26-17-12-16(13-24-14-17)6-5-11-25-23(27)28-15-22-20-9-3-1-7-18(20)19-8-2-4-10-21(19)22/h1-4,7-10,12-14,22,26H,11,15H2,(H,25,27). The van der Waals surface area contributed by atoms with Gasteiger partial charge in [0.05, 0.1) is 12.7 Å². The highest BCUT2D eigenvalue weighted by atomic mass is 16.5. The molecule has 0 atom stereocenters. The van der Waals surface area contributed by atoms with Crippen LogP contribution in [0, 0.1) is 11.8 Å². The molecule has 28 heavy (non-hydrogen) atoms. The van der Waals surface area contributed by atoms with Crippen LogP contribution in [0.1, 0.15) is 22.6 Å². The average Bonchev–Trinajstić information content (AvgIpc) is 3.04. The third kappa shape index (κ3) is 3.67. The molecule has 0 fully saturated rings. The number of ether oxygens (including phenoxy) is 1. The number of nitrogens with zero attached hydrogens (tertiary/aromatic N) is 1. The Bertz CT molecular complexity index is 1040. The number of benzene rings is 2. The van der Waals surface area contributed by atoms with Crippen LogP contribution in [0.25, 0.3) is 11.1 Å². The van der Waals surface area contributed by atoms with E-state index in [9.17, 15) is 9.90 Å². The fourth-order valence-electron chi connectivity index (χ4n) is 3.41. The Kier molecular flexibility index (Phi) is 4.94. The molecule has 0 saturated heterocycles. The molecule has 0 radical (unpaired) electrons. The minimum atomic E-state index is -0.509. The van der Waals surface area contributed by atoms with Crippen LogP contribution in [0.5, 0.6) is 5.75 Å². The Balaban J connectivity index is 1.35. The highest BCUT2D eigenvalue weighted by Gasteiger charge is 2.28. The van der Waals surface area contributed by atoms with Crippen LogP contribution in [-0.2, 0) is 4.74 Å². The van der Waals surface area contributed by atoms with Crippen molar-refractivity contribution in [2.45, 2.75) is 5.92 Å². The minimum absolute atomic E-state index is 0.0302. The number of alkyl carbamates (subject to hydrolysis) is 1. The lowest BCUT2D eigenvalue weighted by Crippen LogP contribution is -2.26. The van der Waals surface area contributed by atoms with Crippen molar-refractivity contribution in [1.29, 1.82) is 0 Å². The lowest BCUT2D eigenvalue weighted by molar-refractivity contribution is 0.144. The molecule has 4 rings (SSSR count). The number of rotatable bonds is 3. The summed E-state index contributed by atoms with van der Waals surface area (Å²) in [6, 6.07) is 17.9. The predicted molar refractivity (Wildman–Crippen MR) is 106 cm³/mol. The van der Waals surface area contributed by atoms with E-state index < -0.39 is 6.09 Å². The molecule has 3 aromatic rings. The van der Waals surface area contributed by atoms with E-state index >= 15 is 0 Å². The summed E-state index contributed by atoms with van der Waals surface area (Å²) in [5, 5.41) is 12.0. The first-order valence-corrected chi connectivity index (χ1v) is 8.94. The number of pyridine rings is 1. The Morgan fingerprint density at radius 2 is 1.75 bits per heavy atom. The maximum absolute atomic E-state index is 12.0. The van der Waals surface area contributed by atoms with Gasteiger partial charge in [-0.3, -0.25) is 4.98 Å². The summed E-state index contributed by atoms with van der Waals surface area (Å²) in [4.78, 5) is 15.9. The largest absolute Gasteiger partial charge is 0.506 e. The Labute approximate surface area is 163 Å². The zero-order valence-corrected chi connectivity index (χ0v) is 15.1. The average molecular weight is 370 g/mol. The van der Waals surface area contributed by atoms with Crippen molar-refractivity contribution in [3.05, 3.63) is 83.7 Å². The third-order valence-electron chi connectivity index (χ3n) is 4.62. The van der Waals surface area contributed by atoms with Crippen molar-refractivity contribution >= 4 is 6.09 Å². The molecule has 1 aromatic heterocycles. The molecule has 0 saturated carbocycles. The van der Waals surface area contributed by atoms with Crippen LogP contribution in [0.4, 0.5) is 4.79 Å². The van der Waals surface area contributed by atoms with Crippen LogP contribution in [-0.4, -0.2) is 29.3 Å². The molecule has 0 bridgehead atoms. The predicted octanol–water partition coefficient (Wildman–Crippen LogP) is 3.68. The SMILES string of the molecule is O=C(NCC#Cc1cncc(O)c1)OCC1c2ccccc2-c2ccccc21. The highest BCUT2D eigenvalue weighted by molar-refractivity contribution is 5.79. The first-order valence-electron chi connectivity index (χ1n) is 8.94. The van der Waals surface area contributed by atoms with Gasteiger partial charge in [0.25, 0.3) is 0 Å². The Morgan fingerprint density at radius 1 is 1.07 bits per heavy atom. The van der Waals surface area contributed by atoms with E-state index in [1.54, 1.807) is 6.20 Å². The third-order valence-corrected chi connectivity index (χ3v) is 4.62. The van der Waals surface area contributed by atoms with Crippen LogP contribution in [0.3, 0.4) is 0 Å². The second-order valence-corrected chi connectivity index (χ2v) is 6.41. The topological polar surface area (TPSA) is 71.5 Å². The van der Waals surface area contributed by atoms with E-state index in [4.69, 9.17) is 4.74 Å². The number of fused-ring (bicyclic) bond motifs is 3. The second-order valence-electron chi connectivity index (χ2n) is 6.41. The Morgan fingerprint density at radius 3 is 2.43 bits per heavy atom. The van der Waals surface area contributed by atoms with Gasteiger partial charge in [-0.15, -0.1) is 0 Å². The zero-order valence-electron chi connectivity index (χ0n) is 15.1. The molecule has 1 aliphatic carbocycles. The summed E-state index contributed by atoms with van der Waals surface area (Å²) < 4.78 is 5.44. The summed E-state index contributed by atoms with van der Waals surface area (Å²) in [7, 11) is 0. The summed E-state index contributed by atoms with van der Waals surface area (Å²) in [5.74, 6) is 5.71. The van der Waals surface area contributed by atoms with Crippen molar-refractivity contribution in [3.63, 3.8) is 0 Å². The van der Waals surface area contributed by atoms with Crippen LogP contribution in [0.2, 0.25) is 0 Å². The number of aromatic hydroxyl groups is 1. The van der Waals surface area contributed by atoms with Gasteiger partial charge >= 0.3 is 6.09 Å². The monoisotopic (exact) mass is 370 g/mol. The van der Waals surface area contributed by atoms with Crippen LogP contribution in [0.15, 0.2) is 67.0 Å². The molecular weight excluding hydrogens is 352 g/mol. The molecule has 5 nitrogen and oxygen atoms in total. The normalized spacial score (nSPS) is 11.7. The summed E-state index contributed by atoms with van der Waals surface area (Å²) in [6.45, 7) is 0.413. The Hall–Kier alpha value is -3.78. The van der Waals surface area contributed by atoms with Gasteiger partial charge in [-0.05, 0) is 28.3 Å². The second kappa shape index (κ2) is 7.85. The minimum Gasteiger partial charge on any atom is -0.506 e. The lowest BCUT2D eigenvalue weighted by atomic mass is 9.98.